The molecule has 190 valence electrons. The number of nitrogens with one attached hydrogen (secondary N) is 1. The molecule has 2 heterocycles. The number of hydrogen-bond donors (Lipinski definition) is 1. The molecule has 0 unspecified atom stereocenters. The van der Waals surface area contributed by atoms with Gasteiger partial charge in [-0.1, -0.05) is 0 Å². The summed E-state index contributed by atoms with van der Waals surface area (Å²) in [6, 6.07) is 10.3. The molecule has 0 bridgehead atoms. The molecule has 1 fully saturated rings. The number of aryl methyl sites for hydroxylation is 1. The van der Waals surface area contributed by atoms with Crippen LogP contribution in [0.15, 0.2) is 41.3 Å². The second-order valence-electron chi connectivity index (χ2n) is 9.67. The first-order valence-electron chi connectivity index (χ1n) is 12.0. The molecule has 2 aliphatic heterocycles. The van der Waals surface area contributed by atoms with Crippen molar-refractivity contribution >= 4 is 15.9 Å². The third-order valence-electron chi connectivity index (χ3n) is 6.59. The lowest BCUT2D eigenvalue weighted by molar-refractivity contribution is -0.122. The highest BCUT2D eigenvalue weighted by molar-refractivity contribution is 7.89. The van der Waals surface area contributed by atoms with Crippen LogP contribution >= 0.6 is 0 Å². The molecule has 1 atom stereocenters. The number of amides is 1. The number of carbonyl (C=O) groups is 1. The van der Waals surface area contributed by atoms with Gasteiger partial charge in [-0.25, -0.2) is 8.42 Å². The van der Waals surface area contributed by atoms with Gasteiger partial charge in [-0.3, -0.25) is 4.79 Å². The van der Waals surface area contributed by atoms with Crippen molar-refractivity contribution in [3.8, 4) is 17.2 Å². The minimum absolute atomic E-state index is 0.128. The highest BCUT2D eigenvalue weighted by Crippen LogP contribution is 2.41. The molecule has 35 heavy (non-hydrogen) atoms. The van der Waals surface area contributed by atoms with E-state index in [4.69, 9.17) is 14.2 Å². The Morgan fingerprint density at radius 2 is 1.86 bits per heavy atom. The van der Waals surface area contributed by atoms with Gasteiger partial charge in [0, 0.05) is 31.5 Å². The quantitative estimate of drug-likeness (QED) is 0.590. The Bertz CT molecular complexity index is 1190. The SMILES string of the molecule is COc1ccc2c(c1)[C@H](NC(=O)CCc1cc(S(=O)(=O)N3CCCC3)ccc1OC)CC(C)(C)O2. The molecule has 2 aliphatic rings. The first kappa shape index (κ1) is 25.3. The van der Waals surface area contributed by atoms with Gasteiger partial charge in [0.25, 0.3) is 0 Å². The maximum absolute atomic E-state index is 13.0. The van der Waals surface area contributed by atoms with Gasteiger partial charge in [0.2, 0.25) is 15.9 Å². The molecule has 0 spiro atoms. The minimum atomic E-state index is -3.55. The Balaban J connectivity index is 1.49. The van der Waals surface area contributed by atoms with Crippen LogP contribution in [0.4, 0.5) is 0 Å². The van der Waals surface area contributed by atoms with E-state index in [-0.39, 0.29) is 23.3 Å². The summed E-state index contributed by atoms with van der Waals surface area (Å²) in [5.74, 6) is 1.87. The van der Waals surface area contributed by atoms with E-state index >= 15 is 0 Å². The van der Waals surface area contributed by atoms with Gasteiger partial charge in [0.05, 0.1) is 25.2 Å². The van der Waals surface area contributed by atoms with Crippen molar-refractivity contribution in [1.29, 1.82) is 0 Å². The van der Waals surface area contributed by atoms with Crippen molar-refractivity contribution in [1.82, 2.24) is 9.62 Å². The lowest BCUT2D eigenvalue weighted by atomic mass is 9.89. The van der Waals surface area contributed by atoms with E-state index in [9.17, 15) is 13.2 Å². The number of benzene rings is 2. The number of ether oxygens (including phenoxy) is 3. The van der Waals surface area contributed by atoms with Gasteiger partial charge in [-0.2, -0.15) is 4.31 Å². The van der Waals surface area contributed by atoms with E-state index < -0.39 is 15.6 Å². The first-order chi connectivity index (χ1) is 16.6. The molecule has 0 aliphatic carbocycles. The predicted octanol–water partition coefficient (Wildman–Crippen LogP) is 3.84. The van der Waals surface area contributed by atoms with Crippen LogP contribution in [0.25, 0.3) is 0 Å². The Kier molecular flexibility index (Phi) is 7.28. The third-order valence-corrected chi connectivity index (χ3v) is 8.48. The van der Waals surface area contributed by atoms with Crippen LogP contribution in [0.1, 0.15) is 56.7 Å². The number of hydrogen-bond acceptors (Lipinski definition) is 6. The van der Waals surface area contributed by atoms with Crippen molar-refractivity contribution in [3.05, 3.63) is 47.5 Å². The van der Waals surface area contributed by atoms with Crippen LogP contribution in [-0.2, 0) is 21.2 Å². The predicted molar refractivity (Wildman–Crippen MR) is 133 cm³/mol. The molecular formula is C26H34N2O6S. The average Bonchev–Trinajstić information content (AvgIpc) is 3.38. The summed E-state index contributed by atoms with van der Waals surface area (Å²) in [6.45, 7) is 5.08. The van der Waals surface area contributed by atoms with Gasteiger partial charge >= 0.3 is 0 Å². The largest absolute Gasteiger partial charge is 0.497 e. The van der Waals surface area contributed by atoms with Crippen LogP contribution in [0.5, 0.6) is 17.2 Å². The molecule has 8 nitrogen and oxygen atoms in total. The van der Waals surface area contributed by atoms with Crippen molar-refractivity contribution in [2.24, 2.45) is 0 Å². The smallest absolute Gasteiger partial charge is 0.243 e. The van der Waals surface area contributed by atoms with Crippen molar-refractivity contribution < 1.29 is 27.4 Å². The van der Waals surface area contributed by atoms with E-state index in [1.807, 2.05) is 32.0 Å². The lowest BCUT2D eigenvalue weighted by Gasteiger charge is -2.38. The van der Waals surface area contributed by atoms with Crippen LogP contribution in [-0.4, -0.2) is 51.5 Å². The number of carbonyl (C=O) groups excluding carboxylic acids is 1. The summed E-state index contributed by atoms with van der Waals surface area (Å²) in [4.78, 5) is 13.2. The molecule has 1 N–H and O–H groups in total. The number of rotatable bonds is 8. The van der Waals surface area contributed by atoms with E-state index in [1.54, 1.807) is 32.4 Å². The zero-order valence-electron chi connectivity index (χ0n) is 20.8. The maximum Gasteiger partial charge on any atom is 0.243 e. The van der Waals surface area contributed by atoms with E-state index in [2.05, 4.69) is 5.32 Å². The van der Waals surface area contributed by atoms with Gasteiger partial charge < -0.3 is 19.5 Å². The average molecular weight is 503 g/mol. The van der Waals surface area contributed by atoms with Crippen molar-refractivity contribution in [3.63, 3.8) is 0 Å². The number of fused-ring (bicyclic) bond motifs is 1. The summed E-state index contributed by atoms with van der Waals surface area (Å²) in [6.07, 6.45) is 2.92. The summed E-state index contributed by atoms with van der Waals surface area (Å²) in [5.41, 5.74) is 1.15. The Labute approximate surface area is 207 Å². The van der Waals surface area contributed by atoms with E-state index in [0.717, 1.165) is 24.2 Å². The second-order valence-corrected chi connectivity index (χ2v) is 11.6. The van der Waals surface area contributed by atoms with Crippen molar-refractivity contribution in [2.75, 3.05) is 27.3 Å². The maximum atomic E-state index is 13.0. The van der Waals surface area contributed by atoms with Crippen LogP contribution in [0.3, 0.4) is 0 Å². The Hall–Kier alpha value is -2.78. The molecule has 2 aromatic carbocycles. The molecule has 1 saturated heterocycles. The normalized spacial score (nSPS) is 19.5. The molecule has 1 amide bonds. The highest BCUT2D eigenvalue weighted by atomic mass is 32.2. The van der Waals surface area contributed by atoms with Gasteiger partial charge in [-0.05, 0) is 75.1 Å². The first-order valence-corrected chi connectivity index (χ1v) is 13.4. The summed E-state index contributed by atoms with van der Waals surface area (Å²) < 4.78 is 44.4. The van der Waals surface area contributed by atoms with Gasteiger partial charge in [0.15, 0.2) is 0 Å². The topological polar surface area (TPSA) is 94.2 Å². The zero-order chi connectivity index (χ0) is 25.2. The number of sulfonamides is 1. The molecule has 0 saturated carbocycles. The van der Waals surface area contributed by atoms with Gasteiger partial charge in [-0.15, -0.1) is 0 Å². The molecule has 4 rings (SSSR count). The fourth-order valence-electron chi connectivity index (χ4n) is 4.79. The van der Waals surface area contributed by atoms with Crippen LogP contribution < -0.4 is 19.5 Å². The third kappa shape index (κ3) is 5.56. The monoisotopic (exact) mass is 502 g/mol. The zero-order valence-corrected chi connectivity index (χ0v) is 21.6. The van der Waals surface area contributed by atoms with Crippen molar-refractivity contribution in [2.45, 2.75) is 62.5 Å². The highest BCUT2D eigenvalue weighted by Gasteiger charge is 2.35. The number of nitrogens with zero attached hydrogens (tertiary/aromatic N) is 1. The molecule has 0 aromatic heterocycles. The molecule has 2 aromatic rings. The van der Waals surface area contributed by atoms with Gasteiger partial charge in [0.1, 0.15) is 22.8 Å². The van der Waals surface area contributed by atoms with E-state index in [1.165, 1.54) is 4.31 Å². The summed E-state index contributed by atoms with van der Waals surface area (Å²) in [5, 5.41) is 3.14. The number of methoxy groups -OCH3 is 2. The Morgan fingerprint density at radius 3 is 2.54 bits per heavy atom. The molecule has 9 heteroatoms. The molecular weight excluding hydrogens is 468 g/mol. The standard InChI is InChI=1S/C26H34N2O6S/c1-26(2)17-22(21-16-19(32-3)8-10-24(21)34-26)27-25(29)12-7-18-15-20(9-11-23(18)33-4)35(30,31)28-13-5-6-14-28/h8-11,15-16,22H,5-7,12-14,17H2,1-4H3,(H,27,29)/t22-/m1/s1. The Morgan fingerprint density at radius 1 is 1.11 bits per heavy atom. The summed E-state index contributed by atoms with van der Waals surface area (Å²) in [7, 11) is -0.400. The lowest BCUT2D eigenvalue weighted by Crippen LogP contribution is -2.41. The van der Waals surface area contributed by atoms with Crippen LogP contribution in [0.2, 0.25) is 0 Å². The summed E-state index contributed by atoms with van der Waals surface area (Å²) >= 11 is 0. The van der Waals surface area contributed by atoms with Crippen LogP contribution in [0, 0.1) is 0 Å². The second kappa shape index (κ2) is 10.1. The minimum Gasteiger partial charge on any atom is -0.497 e. The fraction of sp³-hybridized carbons (Fsp3) is 0.500. The van der Waals surface area contributed by atoms with E-state index in [0.29, 0.717) is 43.0 Å². The molecule has 0 radical (unpaired) electrons. The fourth-order valence-corrected chi connectivity index (χ4v) is 6.36.